The van der Waals surface area contributed by atoms with Gasteiger partial charge < -0.3 is 15.5 Å². The molecule has 2 rings (SSSR count). The molecule has 1 atom stereocenters. The minimum absolute atomic E-state index is 0. The summed E-state index contributed by atoms with van der Waals surface area (Å²) in [5.74, 6) is 0.347. The zero-order valence-electron chi connectivity index (χ0n) is 13.3. The third-order valence-corrected chi connectivity index (χ3v) is 3.86. The van der Waals surface area contributed by atoms with E-state index in [9.17, 15) is 4.79 Å². The van der Waals surface area contributed by atoms with Gasteiger partial charge in [-0.15, -0.1) is 24.8 Å². The molecule has 1 aliphatic heterocycles. The Morgan fingerprint density at radius 2 is 2.18 bits per heavy atom. The van der Waals surface area contributed by atoms with Crippen molar-refractivity contribution < 1.29 is 4.79 Å². The van der Waals surface area contributed by atoms with Gasteiger partial charge in [-0.25, -0.2) is 0 Å². The number of anilines is 1. The smallest absolute Gasteiger partial charge is 0.224 e. The molecule has 126 valence electrons. The van der Waals surface area contributed by atoms with Crippen molar-refractivity contribution in [2.75, 3.05) is 37.6 Å². The van der Waals surface area contributed by atoms with Gasteiger partial charge in [-0.1, -0.05) is 12.1 Å². The van der Waals surface area contributed by atoms with Crippen molar-refractivity contribution in [3.8, 4) is 0 Å². The average molecular weight is 348 g/mol. The van der Waals surface area contributed by atoms with Gasteiger partial charge in [0.15, 0.2) is 0 Å². The van der Waals surface area contributed by atoms with Crippen molar-refractivity contribution in [2.24, 2.45) is 5.92 Å². The molecule has 1 unspecified atom stereocenters. The first-order valence-corrected chi connectivity index (χ1v) is 7.50. The van der Waals surface area contributed by atoms with Crippen molar-refractivity contribution in [3.63, 3.8) is 0 Å². The number of aryl methyl sites for hydroxylation is 1. The number of carbonyl (C=O) groups is 1. The Morgan fingerprint density at radius 3 is 2.77 bits per heavy atom. The zero-order valence-corrected chi connectivity index (χ0v) is 14.9. The van der Waals surface area contributed by atoms with Crippen LogP contribution >= 0.6 is 24.8 Å². The van der Waals surface area contributed by atoms with E-state index >= 15 is 0 Å². The van der Waals surface area contributed by atoms with Crippen molar-refractivity contribution in [3.05, 3.63) is 29.8 Å². The Labute approximate surface area is 145 Å². The van der Waals surface area contributed by atoms with E-state index < -0.39 is 0 Å². The molecule has 0 aromatic heterocycles. The third-order valence-electron chi connectivity index (χ3n) is 3.86. The molecule has 2 N–H and O–H groups in total. The van der Waals surface area contributed by atoms with Gasteiger partial charge in [-0.05, 0) is 44.5 Å². The highest BCUT2D eigenvalue weighted by atomic mass is 35.5. The van der Waals surface area contributed by atoms with Gasteiger partial charge in [-0.2, -0.15) is 0 Å². The maximum atomic E-state index is 11.9. The van der Waals surface area contributed by atoms with Crippen LogP contribution in [0.2, 0.25) is 0 Å². The molecule has 22 heavy (non-hydrogen) atoms. The van der Waals surface area contributed by atoms with Crippen LogP contribution in [-0.2, 0) is 4.79 Å². The molecule has 0 spiro atoms. The SMILES string of the molecule is CCN(CCNC(=O)C1CCNC1)c1cccc(C)c1.Cl.Cl. The van der Waals surface area contributed by atoms with Crippen LogP contribution in [0.4, 0.5) is 5.69 Å². The summed E-state index contributed by atoms with van der Waals surface area (Å²) in [5.41, 5.74) is 2.49. The van der Waals surface area contributed by atoms with E-state index in [-0.39, 0.29) is 36.6 Å². The number of amides is 1. The van der Waals surface area contributed by atoms with Gasteiger partial charge in [0.2, 0.25) is 5.91 Å². The van der Waals surface area contributed by atoms with Crippen LogP contribution < -0.4 is 15.5 Å². The normalized spacial score (nSPS) is 16.4. The molecule has 1 aromatic rings. The van der Waals surface area contributed by atoms with Crippen LogP contribution in [0.15, 0.2) is 24.3 Å². The Kier molecular flexibility index (Phi) is 10.2. The molecule has 1 aliphatic rings. The fourth-order valence-electron chi connectivity index (χ4n) is 2.63. The third kappa shape index (κ3) is 6.03. The quantitative estimate of drug-likeness (QED) is 0.830. The summed E-state index contributed by atoms with van der Waals surface area (Å²) in [7, 11) is 0. The highest BCUT2D eigenvalue weighted by Gasteiger charge is 2.21. The fourth-order valence-corrected chi connectivity index (χ4v) is 2.63. The van der Waals surface area contributed by atoms with Crippen molar-refractivity contribution in [1.82, 2.24) is 10.6 Å². The lowest BCUT2D eigenvalue weighted by molar-refractivity contribution is -0.124. The van der Waals surface area contributed by atoms with E-state index in [2.05, 4.69) is 53.6 Å². The highest BCUT2D eigenvalue weighted by Crippen LogP contribution is 2.15. The predicted molar refractivity (Wildman–Crippen MR) is 97.5 cm³/mol. The van der Waals surface area contributed by atoms with Gasteiger partial charge in [0.1, 0.15) is 0 Å². The van der Waals surface area contributed by atoms with Gasteiger partial charge in [0.25, 0.3) is 0 Å². The molecule has 1 fully saturated rings. The molecule has 0 bridgehead atoms. The summed E-state index contributed by atoms with van der Waals surface area (Å²) in [6.45, 7) is 8.54. The first kappa shape index (κ1) is 21.0. The minimum atomic E-state index is 0. The first-order chi connectivity index (χ1) is 9.70. The Hall–Kier alpha value is -0.970. The van der Waals surface area contributed by atoms with Crippen LogP contribution in [0.1, 0.15) is 18.9 Å². The number of nitrogens with one attached hydrogen (secondary N) is 2. The van der Waals surface area contributed by atoms with Gasteiger partial charge in [0.05, 0.1) is 5.92 Å². The minimum Gasteiger partial charge on any atom is -0.370 e. The lowest BCUT2D eigenvalue weighted by Gasteiger charge is -2.24. The Bertz CT molecular complexity index is 451. The molecule has 1 heterocycles. The molecule has 4 nitrogen and oxygen atoms in total. The predicted octanol–water partition coefficient (Wildman–Crippen LogP) is 2.39. The number of benzene rings is 1. The number of nitrogens with zero attached hydrogens (tertiary/aromatic N) is 1. The van der Waals surface area contributed by atoms with Crippen LogP contribution in [0.25, 0.3) is 0 Å². The molecule has 6 heteroatoms. The van der Waals surface area contributed by atoms with Crippen molar-refractivity contribution in [1.29, 1.82) is 0 Å². The zero-order chi connectivity index (χ0) is 14.4. The summed E-state index contributed by atoms with van der Waals surface area (Å²) >= 11 is 0. The standard InChI is InChI=1S/C16H25N3O.2ClH/c1-3-19(15-6-4-5-13(2)11-15)10-9-18-16(20)14-7-8-17-12-14;;/h4-6,11,14,17H,3,7-10,12H2,1-2H3,(H,18,20);2*1H. The molecule has 1 amide bonds. The van der Waals surface area contributed by atoms with Crippen molar-refractivity contribution in [2.45, 2.75) is 20.3 Å². The summed E-state index contributed by atoms with van der Waals surface area (Å²) in [6, 6.07) is 8.49. The van der Waals surface area contributed by atoms with Gasteiger partial charge in [0, 0.05) is 31.9 Å². The summed E-state index contributed by atoms with van der Waals surface area (Å²) in [4.78, 5) is 14.2. The molecule has 0 saturated carbocycles. The Morgan fingerprint density at radius 1 is 1.41 bits per heavy atom. The number of carbonyl (C=O) groups excluding carboxylic acids is 1. The monoisotopic (exact) mass is 347 g/mol. The molecular formula is C16H27Cl2N3O. The largest absolute Gasteiger partial charge is 0.370 e. The maximum Gasteiger partial charge on any atom is 0.224 e. The fraction of sp³-hybridized carbons (Fsp3) is 0.562. The van der Waals surface area contributed by atoms with Crippen LogP contribution in [0, 0.1) is 12.8 Å². The van der Waals surface area contributed by atoms with Crippen LogP contribution in [0.5, 0.6) is 0 Å². The van der Waals surface area contributed by atoms with E-state index in [1.165, 1.54) is 11.3 Å². The first-order valence-electron chi connectivity index (χ1n) is 7.50. The number of halogens is 2. The number of hydrogen-bond acceptors (Lipinski definition) is 3. The molecule has 1 saturated heterocycles. The number of hydrogen-bond donors (Lipinski definition) is 2. The van der Waals surface area contributed by atoms with E-state index in [1.54, 1.807) is 0 Å². The highest BCUT2D eigenvalue weighted by molar-refractivity contribution is 5.85. The molecule has 0 radical (unpaired) electrons. The van der Waals surface area contributed by atoms with E-state index in [1.807, 2.05) is 0 Å². The average Bonchev–Trinajstić information content (AvgIpc) is 2.97. The summed E-state index contributed by atoms with van der Waals surface area (Å²) in [6.07, 6.45) is 0.960. The van der Waals surface area contributed by atoms with E-state index in [0.717, 1.165) is 32.6 Å². The lowest BCUT2D eigenvalue weighted by Crippen LogP contribution is -2.38. The van der Waals surface area contributed by atoms with Crippen molar-refractivity contribution >= 4 is 36.4 Å². The second kappa shape index (κ2) is 10.7. The number of likely N-dealkylation sites (N-methyl/N-ethyl adjacent to an activating group) is 1. The Balaban J connectivity index is 0.00000220. The van der Waals surface area contributed by atoms with Gasteiger partial charge in [-0.3, -0.25) is 4.79 Å². The molecule has 0 aliphatic carbocycles. The molecular weight excluding hydrogens is 321 g/mol. The molecule has 1 aromatic carbocycles. The maximum absolute atomic E-state index is 11.9. The van der Waals surface area contributed by atoms with Crippen LogP contribution in [0.3, 0.4) is 0 Å². The van der Waals surface area contributed by atoms with E-state index in [0.29, 0.717) is 6.54 Å². The topological polar surface area (TPSA) is 44.4 Å². The second-order valence-corrected chi connectivity index (χ2v) is 5.40. The summed E-state index contributed by atoms with van der Waals surface area (Å²) in [5, 5.41) is 6.28. The van der Waals surface area contributed by atoms with Crippen LogP contribution in [-0.4, -0.2) is 38.6 Å². The van der Waals surface area contributed by atoms with Gasteiger partial charge >= 0.3 is 0 Å². The second-order valence-electron chi connectivity index (χ2n) is 5.40. The summed E-state index contributed by atoms with van der Waals surface area (Å²) < 4.78 is 0. The number of rotatable bonds is 6. The lowest BCUT2D eigenvalue weighted by atomic mass is 10.1. The van der Waals surface area contributed by atoms with E-state index in [4.69, 9.17) is 0 Å².